The summed E-state index contributed by atoms with van der Waals surface area (Å²) in [7, 11) is 3.47. The number of hydrogen-bond donors (Lipinski definition) is 1. The molecule has 8 nitrogen and oxygen atoms in total. The van der Waals surface area contributed by atoms with Gasteiger partial charge in [0.15, 0.2) is 0 Å². The lowest BCUT2D eigenvalue weighted by molar-refractivity contribution is -0.136. The maximum atomic E-state index is 13.0. The Labute approximate surface area is 171 Å². The SMILES string of the molecule is Cn1c(=O)n(C)c2cc(-c3cccc4c3CN(C3CCC(=O)NC3=O)C4=O)ccc21. The highest BCUT2D eigenvalue weighted by Gasteiger charge is 2.39. The molecular formula is C22H20N4O4. The van der Waals surface area contributed by atoms with Gasteiger partial charge in [-0.05, 0) is 41.3 Å². The number of aryl methyl sites for hydroxylation is 2. The van der Waals surface area contributed by atoms with Crippen molar-refractivity contribution >= 4 is 28.8 Å². The molecule has 8 heteroatoms. The second kappa shape index (κ2) is 6.41. The summed E-state index contributed by atoms with van der Waals surface area (Å²) in [5, 5.41) is 2.33. The van der Waals surface area contributed by atoms with Gasteiger partial charge >= 0.3 is 5.69 Å². The molecule has 2 aliphatic rings. The molecule has 0 saturated carbocycles. The van der Waals surface area contributed by atoms with Crippen LogP contribution in [0.2, 0.25) is 0 Å². The largest absolute Gasteiger partial charge is 0.328 e. The fraction of sp³-hybridized carbons (Fsp3) is 0.273. The highest BCUT2D eigenvalue weighted by atomic mass is 16.2. The van der Waals surface area contributed by atoms with Gasteiger partial charge in [-0.2, -0.15) is 0 Å². The van der Waals surface area contributed by atoms with Crippen molar-refractivity contribution in [2.45, 2.75) is 25.4 Å². The zero-order chi connectivity index (χ0) is 21.2. The lowest BCUT2D eigenvalue weighted by Gasteiger charge is -2.29. The van der Waals surface area contributed by atoms with E-state index in [1.165, 1.54) is 0 Å². The minimum absolute atomic E-state index is 0.0975. The molecule has 3 heterocycles. The van der Waals surface area contributed by atoms with Crippen molar-refractivity contribution in [1.29, 1.82) is 0 Å². The van der Waals surface area contributed by atoms with Gasteiger partial charge in [0.25, 0.3) is 5.91 Å². The van der Waals surface area contributed by atoms with Crippen LogP contribution in [0.15, 0.2) is 41.2 Å². The van der Waals surface area contributed by atoms with E-state index in [0.29, 0.717) is 18.5 Å². The quantitative estimate of drug-likeness (QED) is 0.652. The molecule has 1 atom stereocenters. The number of aromatic nitrogens is 2. The summed E-state index contributed by atoms with van der Waals surface area (Å²) in [5.41, 5.74) is 4.77. The van der Waals surface area contributed by atoms with Crippen molar-refractivity contribution in [1.82, 2.24) is 19.4 Å². The average Bonchev–Trinajstić information content (AvgIpc) is 3.18. The number of benzene rings is 2. The van der Waals surface area contributed by atoms with Crippen molar-refractivity contribution in [3.63, 3.8) is 0 Å². The normalized spacial score (nSPS) is 18.8. The number of piperidine rings is 1. The number of nitrogens with one attached hydrogen (secondary N) is 1. The van der Waals surface area contributed by atoms with Crippen LogP contribution < -0.4 is 11.0 Å². The van der Waals surface area contributed by atoms with Gasteiger partial charge in [-0.3, -0.25) is 28.8 Å². The molecule has 0 aliphatic carbocycles. The molecule has 2 aliphatic heterocycles. The Hall–Kier alpha value is -3.68. The van der Waals surface area contributed by atoms with Gasteiger partial charge in [-0.15, -0.1) is 0 Å². The molecule has 1 aromatic heterocycles. The Balaban J connectivity index is 1.57. The van der Waals surface area contributed by atoms with Gasteiger partial charge in [0, 0.05) is 32.6 Å². The number of hydrogen-bond acceptors (Lipinski definition) is 4. The van der Waals surface area contributed by atoms with Gasteiger partial charge in [0.2, 0.25) is 11.8 Å². The van der Waals surface area contributed by atoms with Gasteiger partial charge in [-0.25, -0.2) is 4.79 Å². The van der Waals surface area contributed by atoms with Crippen LogP contribution in [0.3, 0.4) is 0 Å². The predicted octanol–water partition coefficient (Wildman–Crippen LogP) is 1.30. The van der Waals surface area contributed by atoms with Crippen LogP contribution in [-0.2, 0) is 30.2 Å². The number of carbonyl (C=O) groups excluding carboxylic acids is 3. The van der Waals surface area contributed by atoms with Crippen molar-refractivity contribution in [3.05, 3.63) is 58.0 Å². The molecule has 152 valence electrons. The van der Waals surface area contributed by atoms with Crippen molar-refractivity contribution in [2.24, 2.45) is 14.1 Å². The third kappa shape index (κ3) is 2.53. The van der Waals surface area contributed by atoms with Crippen LogP contribution in [0.1, 0.15) is 28.8 Å². The molecule has 1 fully saturated rings. The Kier molecular flexibility index (Phi) is 3.92. The molecule has 3 amide bonds. The second-order valence-electron chi connectivity index (χ2n) is 7.84. The summed E-state index contributed by atoms with van der Waals surface area (Å²) < 4.78 is 3.20. The first kappa shape index (κ1) is 18.4. The van der Waals surface area contributed by atoms with E-state index in [0.717, 1.165) is 27.7 Å². The van der Waals surface area contributed by atoms with E-state index in [2.05, 4.69) is 5.32 Å². The van der Waals surface area contributed by atoms with Crippen LogP contribution in [0, 0.1) is 0 Å². The molecule has 5 rings (SSSR count). The number of imidazole rings is 1. The highest BCUT2D eigenvalue weighted by molar-refractivity contribution is 6.06. The van der Waals surface area contributed by atoms with E-state index in [1.807, 2.05) is 30.3 Å². The molecular weight excluding hydrogens is 384 g/mol. The average molecular weight is 404 g/mol. The molecule has 30 heavy (non-hydrogen) atoms. The predicted molar refractivity (Wildman–Crippen MR) is 110 cm³/mol. The smallest absolute Gasteiger partial charge is 0.322 e. The number of carbonyl (C=O) groups is 3. The number of amides is 3. The molecule has 1 saturated heterocycles. The van der Waals surface area contributed by atoms with E-state index >= 15 is 0 Å². The first-order chi connectivity index (χ1) is 14.4. The minimum Gasteiger partial charge on any atom is -0.322 e. The van der Waals surface area contributed by atoms with Crippen LogP contribution in [0.25, 0.3) is 22.2 Å². The topological polar surface area (TPSA) is 93.4 Å². The van der Waals surface area contributed by atoms with E-state index in [9.17, 15) is 19.2 Å². The van der Waals surface area contributed by atoms with Gasteiger partial charge in [-0.1, -0.05) is 18.2 Å². The fourth-order valence-corrected chi connectivity index (χ4v) is 4.53. The Morgan fingerprint density at radius 3 is 2.43 bits per heavy atom. The van der Waals surface area contributed by atoms with Crippen LogP contribution in [-0.4, -0.2) is 37.8 Å². The number of nitrogens with zero attached hydrogens (tertiary/aromatic N) is 3. The summed E-state index contributed by atoms with van der Waals surface area (Å²) in [6, 6.07) is 10.7. The van der Waals surface area contributed by atoms with Gasteiger partial charge < -0.3 is 4.90 Å². The van der Waals surface area contributed by atoms with E-state index in [-0.39, 0.29) is 23.9 Å². The summed E-state index contributed by atoms with van der Waals surface area (Å²) in [4.78, 5) is 50.6. The molecule has 2 aromatic carbocycles. The zero-order valence-corrected chi connectivity index (χ0v) is 16.6. The summed E-state index contributed by atoms with van der Waals surface area (Å²) >= 11 is 0. The Morgan fingerprint density at radius 1 is 0.933 bits per heavy atom. The number of imide groups is 1. The zero-order valence-electron chi connectivity index (χ0n) is 16.6. The molecule has 0 spiro atoms. The minimum atomic E-state index is -0.645. The molecule has 1 N–H and O–H groups in total. The Morgan fingerprint density at radius 2 is 1.67 bits per heavy atom. The molecule has 0 bridgehead atoms. The maximum Gasteiger partial charge on any atom is 0.328 e. The van der Waals surface area contributed by atoms with Crippen molar-refractivity contribution in [3.8, 4) is 11.1 Å². The van der Waals surface area contributed by atoms with Crippen molar-refractivity contribution < 1.29 is 14.4 Å². The van der Waals surface area contributed by atoms with Gasteiger partial charge in [0.05, 0.1) is 11.0 Å². The van der Waals surface area contributed by atoms with E-state index in [1.54, 1.807) is 34.2 Å². The molecule has 0 radical (unpaired) electrons. The summed E-state index contributed by atoms with van der Waals surface area (Å²) in [6.07, 6.45) is 0.555. The first-order valence-electron chi connectivity index (χ1n) is 9.79. The van der Waals surface area contributed by atoms with E-state index in [4.69, 9.17) is 0 Å². The van der Waals surface area contributed by atoms with Crippen molar-refractivity contribution in [2.75, 3.05) is 0 Å². The fourth-order valence-electron chi connectivity index (χ4n) is 4.53. The number of rotatable bonds is 2. The molecule has 3 aromatic rings. The second-order valence-corrected chi connectivity index (χ2v) is 7.84. The van der Waals surface area contributed by atoms with Crippen LogP contribution in [0.5, 0.6) is 0 Å². The third-order valence-corrected chi connectivity index (χ3v) is 6.17. The standard InChI is InChI=1S/C22H20N4O4/c1-24-16-7-6-12(10-18(16)25(2)22(24)30)13-4-3-5-14-15(13)11-26(21(14)29)17-8-9-19(27)23-20(17)28/h3-7,10,17H,8-9,11H2,1-2H3,(H,23,27,28). The Bertz CT molecular complexity index is 1320. The maximum absolute atomic E-state index is 13.0. The first-order valence-corrected chi connectivity index (χ1v) is 9.79. The van der Waals surface area contributed by atoms with Crippen LogP contribution >= 0.6 is 0 Å². The molecule has 1 unspecified atom stereocenters. The highest BCUT2D eigenvalue weighted by Crippen LogP contribution is 2.35. The van der Waals surface area contributed by atoms with Gasteiger partial charge in [0.1, 0.15) is 6.04 Å². The lowest BCUT2D eigenvalue weighted by atomic mass is 9.96. The number of fused-ring (bicyclic) bond motifs is 2. The monoisotopic (exact) mass is 404 g/mol. The summed E-state index contributed by atoms with van der Waals surface area (Å²) in [6.45, 7) is 0.308. The van der Waals surface area contributed by atoms with E-state index < -0.39 is 11.9 Å². The lowest BCUT2D eigenvalue weighted by Crippen LogP contribution is -2.52. The third-order valence-electron chi connectivity index (χ3n) is 6.17. The summed E-state index contributed by atoms with van der Waals surface area (Å²) in [5.74, 6) is -0.924. The van der Waals surface area contributed by atoms with Crippen LogP contribution in [0.4, 0.5) is 0 Å².